The minimum atomic E-state index is 0.885. The highest BCUT2D eigenvalue weighted by atomic mass is 14.8. The Morgan fingerprint density at radius 2 is 1.78 bits per heavy atom. The standard InChI is InChI=1S/C21H20N2/c1-6-17-7-9-18(10-8-17)19(20-13(2)11-15(4)22-20)21-14(3)12-16(5)23-21/h1,7-12,22H,2-5H3/b21-19-. The SMILES string of the molecule is C#Cc1ccc(/C(=C2/N=C(C)C=C2C)c2[nH]c(C)cc2C)cc1. The second-order valence-electron chi connectivity index (χ2n) is 6.04. The quantitative estimate of drug-likeness (QED) is 0.772. The van der Waals surface area contributed by atoms with Crippen molar-refractivity contribution in [3.8, 4) is 12.3 Å². The van der Waals surface area contributed by atoms with Gasteiger partial charge in [0.2, 0.25) is 0 Å². The summed E-state index contributed by atoms with van der Waals surface area (Å²) in [4.78, 5) is 8.25. The van der Waals surface area contributed by atoms with E-state index in [-0.39, 0.29) is 0 Å². The molecule has 0 spiro atoms. The number of benzene rings is 1. The van der Waals surface area contributed by atoms with Gasteiger partial charge in [-0.1, -0.05) is 18.1 Å². The summed E-state index contributed by atoms with van der Waals surface area (Å²) >= 11 is 0. The Morgan fingerprint density at radius 1 is 1.09 bits per heavy atom. The number of aromatic nitrogens is 1. The van der Waals surface area contributed by atoms with Gasteiger partial charge in [-0.3, -0.25) is 4.99 Å². The number of nitrogens with one attached hydrogen (secondary N) is 1. The van der Waals surface area contributed by atoms with Crippen LogP contribution in [0.2, 0.25) is 0 Å². The van der Waals surface area contributed by atoms with Gasteiger partial charge in [-0.2, -0.15) is 0 Å². The first-order valence-electron chi connectivity index (χ1n) is 7.71. The Hall–Kier alpha value is -2.79. The van der Waals surface area contributed by atoms with Crippen molar-refractivity contribution in [1.82, 2.24) is 4.98 Å². The van der Waals surface area contributed by atoms with E-state index in [4.69, 9.17) is 11.4 Å². The van der Waals surface area contributed by atoms with Crippen molar-refractivity contribution < 1.29 is 0 Å². The smallest absolute Gasteiger partial charge is 0.0761 e. The molecule has 3 rings (SSSR count). The normalized spacial score (nSPS) is 16.0. The highest BCUT2D eigenvalue weighted by Gasteiger charge is 2.19. The van der Waals surface area contributed by atoms with E-state index >= 15 is 0 Å². The maximum Gasteiger partial charge on any atom is 0.0761 e. The number of aliphatic imine (C=N–C) groups is 1. The Labute approximate surface area is 137 Å². The summed E-state index contributed by atoms with van der Waals surface area (Å²) in [5.74, 6) is 2.67. The van der Waals surface area contributed by atoms with Crippen LogP contribution < -0.4 is 0 Å². The van der Waals surface area contributed by atoms with Crippen LogP contribution in [-0.2, 0) is 0 Å². The summed E-state index contributed by atoms with van der Waals surface area (Å²) < 4.78 is 0. The molecule has 1 aromatic heterocycles. The molecule has 1 aromatic carbocycles. The van der Waals surface area contributed by atoms with Crippen LogP contribution in [0.25, 0.3) is 5.57 Å². The molecule has 0 radical (unpaired) electrons. The van der Waals surface area contributed by atoms with Crippen LogP contribution in [-0.4, -0.2) is 10.7 Å². The zero-order valence-corrected chi connectivity index (χ0v) is 14.0. The lowest BCUT2D eigenvalue weighted by Gasteiger charge is -2.12. The number of rotatable bonds is 2. The molecule has 23 heavy (non-hydrogen) atoms. The third-order valence-corrected chi connectivity index (χ3v) is 4.06. The number of allylic oxidation sites excluding steroid dienone is 2. The van der Waals surface area contributed by atoms with Crippen molar-refractivity contribution >= 4 is 11.3 Å². The van der Waals surface area contributed by atoms with Crippen LogP contribution in [0.15, 0.2) is 52.7 Å². The van der Waals surface area contributed by atoms with Gasteiger partial charge < -0.3 is 4.98 Å². The Balaban J connectivity index is 2.27. The lowest BCUT2D eigenvalue weighted by atomic mass is 9.95. The summed E-state index contributed by atoms with van der Waals surface area (Å²) in [5, 5.41) is 0. The maximum atomic E-state index is 5.48. The van der Waals surface area contributed by atoms with Crippen molar-refractivity contribution in [3.05, 3.63) is 75.8 Å². The second-order valence-corrected chi connectivity index (χ2v) is 6.04. The highest BCUT2D eigenvalue weighted by Crippen LogP contribution is 2.35. The summed E-state index contributed by atoms with van der Waals surface area (Å²) in [7, 11) is 0. The van der Waals surface area contributed by atoms with Gasteiger partial charge in [-0.25, -0.2) is 0 Å². The van der Waals surface area contributed by atoms with Crippen molar-refractivity contribution in [1.29, 1.82) is 0 Å². The molecule has 2 heterocycles. The molecule has 0 saturated heterocycles. The predicted molar refractivity (Wildman–Crippen MR) is 97.5 cm³/mol. The molecule has 2 nitrogen and oxygen atoms in total. The molecule has 0 atom stereocenters. The first-order chi connectivity index (χ1) is 11.0. The van der Waals surface area contributed by atoms with E-state index in [0.29, 0.717) is 0 Å². The Bertz CT molecular complexity index is 894. The molecule has 2 heteroatoms. The Kier molecular flexibility index (Phi) is 3.80. The van der Waals surface area contributed by atoms with Gasteiger partial charge in [-0.15, -0.1) is 6.42 Å². The van der Waals surface area contributed by atoms with Crippen molar-refractivity contribution in [2.24, 2.45) is 4.99 Å². The van der Waals surface area contributed by atoms with E-state index in [1.165, 1.54) is 11.1 Å². The summed E-state index contributed by atoms with van der Waals surface area (Å²) in [6.45, 7) is 8.34. The number of nitrogens with zero attached hydrogens (tertiary/aromatic N) is 1. The van der Waals surface area contributed by atoms with Crippen LogP contribution in [0.3, 0.4) is 0 Å². The van der Waals surface area contributed by atoms with E-state index in [0.717, 1.165) is 39.5 Å². The van der Waals surface area contributed by atoms with Gasteiger partial charge in [0.05, 0.1) is 11.4 Å². The molecule has 1 N–H and O–H groups in total. The lowest BCUT2D eigenvalue weighted by molar-refractivity contribution is 1.21. The highest BCUT2D eigenvalue weighted by molar-refractivity contribution is 6.01. The fraction of sp³-hybridized carbons (Fsp3) is 0.190. The molecule has 0 amide bonds. The van der Waals surface area contributed by atoms with E-state index in [1.807, 2.05) is 19.1 Å². The molecular formula is C21H20N2. The molecule has 114 valence electrons. The fourth-order valence-corrected chi connectivity index (χ4v) is 3.05. The molecule has 0 bridgehead atoms. The van der Waals surface area contributed by atoms with E-state index in [2.05, 4.69) is 56.0 Å². The van der Waals surface area contributed by atoms with Gasteiger partial charge in [0.15, 0.2) is 0 Å². The molecule has 0 unspecified atom stereocenters. The fourth-order valence-electron chi connectivity index (χ4n) is 3.05. The van der Waals surface area contributed by atoms with Crippen LogP contribution in [0, 0.1) is 26.2 Å². The summed E-state index contributed by atoms with van der Waals surface area (Å²) in [6, 6.07) is 10.3. The number of hydrogen-bond donors (Lipinski definition) is 1. The van der Waals surface area contributed by atoms with Gasteiger partial charge in [-0.05, 0) is 68.7 Å². The van der Waals surface area contributed by atoms with Crippen molar-refractivity contribution in [3.63, 3.8) is 0 Å². The summed E-state index contributed by atoms with van der Waals surface area (Å²) in [6.07, 6.45) is 7.60. The molecule has 0 aliphatic carbocycles. The van der Waals surface area contributed by atoms with E-state index in [1.54, 1.807) is 0 Å². The molecule has 1 aliphatic heterocycles. The number of hydrogen-bond acceptors (Lipinski definition) is 1. The van der Waals surface area contributed by atoms with Crippen molar-refractivity contribution in [2.75, 3.05) is 0 Å². The number of terminal acetylenes is 1. The predicted octanol–water partition coefficient (Wildman–Crippen LogP) is 4.79. The first kappa shape index (κ1) is 15.1. The van der Waals surface area contributed by atoms with Crippen LogP contribution in [0.1, 0.15) is 41.9 Å². The number of H-pyrrole nitrogens is 1. The molecular weight excluding hydrogens is 280 g/mol. The van der Waals surface area contributed by atoms with E-state index in [9.17, 15) is 0 Å². The van der Waals surface area contributed by atoms with Crippen molar-refractivity contribution in [2.45, 2.75) is 27.7 Å². The lowest BCUT2D eigenvalue weighted by Crippen LogP contribution is -1.96. The largest absolute Gasteiger partial charge is 0.358 e. The molecule has 0 fully saturated rings. The number of aryl methyl sites for hydroxylation is 2. The topological polar surface area (TPSA) is 28.1 Å². The minimum absolute atomic E-state index is 0.885. The van der Waals surface area contributed by atoms with E-state index < -0.39 is 0 Å². The Morgan fingerprint density at radius 3 is 2.26 bits per heavy atom. The first-order valence-corrected chi connectivity index (χ1v) is 7.71. The zero-order chi connectivity index (χ0) is 16.6. The minimum Gasteiger partial charge on any atom is -0.358 e. The second kappa shape index (κ2) is 5.78. The average molecular weight is 300 g/mol. The van der Waals surface area contributed by atoms with Gasteiger partial charge in [0, 0.05) is 22.5 Å². The van der Waals surface area contributed by atoms with Crippen LogP contribution in [0.4, 0.5) is 0 Å². The van der Waals surface area contributed by atoms with Gasteiger partial charge in [0.25, 0.3) is 0 Å². The van der Waals surface area contributed by atoms with Gasteiger partial charge >= 0.3 is 0 Å². The van der Waals surface area contributed by atoms with Crippen LogP contribution in [0.5, 0.6) is 0 Å². The molecule has 1 aliphatic rings. The monoisotopic (exact) mass is 300 g/mol. The molecule has 2 aromatic rings. The van der Waals surface area contributed by atoms with Gasteiger partial charge in [0.1, 0.15) is 0 Å². The third-order valence-electron chi connectivity index (χ3n) is 4.06. The number of aromatic amines is 1. The summed E-state index contributed by atoms with van der Waals surface area (Å²) in [5.41, 5.74) is 9.88. The average Bonchev–Trinajstić information content (AvgIpc) is 3.02. The van der Waals surface area contributed by atoms with Crippen LogP contribution >= 0.6 is 0 Å². The third kappa shape index (κ3) is 2.78. The zero-order valence-electron chi connectivity index (χ0n) is 14.0. The molecule has 0 saturated carbocycles. The maximum absolute atomic E-state index is 5.48.